The Hall–Kier alpha value is -1.61. The van der Waals surface area contributed by atoms with Gasteiger partial charge in [-0.2, -0.15) is 0 Å². The van der Waals surface area contributed by atoms with Gasteiger partial charge in [0.2, 0.25) is 0 Å². The number of aliphatic hydroxyl groups excluding tert-OH is 1. The van der Waals surface area contributed by atoms with E-state index in [2.05, 4.69) is 35.9 Å². The molecule has 0 unspecified atom stereocenters. The van der Waals surface area contributed by atoms with Gasteiger partial charge in [-0.25, -0.2) is 4.98 Å². The summed E-state index contributed by atoms with van der Waals surface area (Å²) in [7, 11) is 0. The molecule has 1 aromatic heterocycles. The van der Waals surface area contributed by atoms with Crippen LogP contribution in [0.2, 0.25) is 0 Å². The minimum Gasteiger partial charge on any atom is -0.388 e. The van der Waals surface area contributed by atoms with E-state index in [0.717, 1.165) is 11.3 Å². The number of nitrogens with zero attached hydrogens (tertiary/aromatic N) is 1. The molecule has 2 aromatic rings. The van der Waals surface area contributed by atoms with Crippen LogP contribution in [-0.2, 0) is 6.61 Å². The lowest BCUT2D eigenvalue weighted by molar-refractivity contribution is 0.272. The van der Waals surface area contributed by atoms with Crippen molar-refractivity contribution in [2.45, 2.75) is 20.5 Å². The van der Waals surface area contributed by atoms with E-state index in [1.54, 1.807) is 0 Å². The zero-order valence-corrected chi connectivity index (χ0v) is 8.91. The zero-order chi connectivity index (χ0) is 10.8. The van der Waals surface area contributed by atoms with E-state index < -0.39 is 0 Å². The molecule has 0 amide bonds. The summed E-state index contributed by atoms with van der Waals surface area (Å²) in [6.07, 6.45) is 1.83. The smallest absolute Gasteiger partial charge is 0.132 e. The van der Waals surface area contributed by atoms with Gasteiger partial charge in [0.15, 0.2) is 0 Å². The van der Waals surface area contributed by atoms with Crippen molar-refractivity contribution < 1.29 is 5.11 Å². The minimum atomic E-state index is -0.0507. The molecule has 0 aliphatic heterocycles. The molecule has 3 nitrogen and oxygen atoms in total. The maximum absolute atomic E-state index is 8.94. The predicted octanol–water partition coefficient (Wildman–Crippen LogP) is 2.19. The highest BCUT2D eigenvalue weighted by Crippen LogP contribution is 2.25. The van der Waals surface area contributed by atoms with Crippen molar-refractivity contribution in [2.24, 2.45) is 0 Å². The van der Waals surface area contributed by atoms with Crippen LogP contribution in [0.15, 0.2) is 24.4 Å². The summed E-state index contributed by atoms with van der Waals surface area (Å²) in [5.41, 5.74) is 4.44. The number of aromatic nitrogens is 2. The van der Waals surface area contributed by atoms with Crippen LogP contribution in [0.1, 0.15) is 17.0 Å². The minimum absolute atomic E-state index is 0.0507. The van der Waals surface area contributed by atoms with Gasteiger partial charge in [0.05, 0.1) is 5.69 Å². The van der Waals surface area contributed by atoms with Crippen LogP contribution in [-0.4, -0.2) is 15.1 Å². The summed E-state index contributed by atoms with van der Waals surface area (Å²) in [5, 5.41) is 8.94. The molecule has 1 aromatic carbocycles. The number of aliphatic hydroxyl groups is 1. The third kappa shape index (κ3) is 1.78. The number of hydrogen-bond acceptors (Lipinski definition) is 2. The Kier molecular flexibility index (Phi) is 2.56. The molecule has 0 atom stereocenters. The standard InChI is InChI=1S/C12H14N2O/c1-8-4-3-5-9(2)12(8)10-6-13-11(7-15)14-10/h3-6,15H,7H2,1-2H3,(H,13,14). The highest BCUT2D eigenvalue weighted by molar-refractivity contribution is 5.66. The van der Waals surface area contributed by atoms with Gasteiger partial charge in [-0.15, -0.1) is 0 Å². The molecule has 0 aliphatic rings. The second-order valence-corrected chi connectivity index (χ2v) is 3.66. The molecule has 78 valence electrons. The third-order valence-corrected chi connectivity index (χ3v) is 2.52. The largest absolute Gasteiger partial charge is 0.388 e. The van der Waals surface area contributed by atoms with E-state index in [1.807, 2.05) is 12.3 Å². The van der Waals surface area contributed by atoms with E-state index in [4.69, 9.17) is 5.11 Å². The first-order valence-corrected chi connectivity index (χ1v) is 4.94. The van der Waals surface area contributed by atoms with Crippen LogP contribution < -0.4 is 0 Å². The first kappa shape index (κ1) is 9.93. The average molecular weight is 202 g/mol. The fourth-order valence-corrected chi connectivity index (χ4v) is 1.79. The summed E-state index contributed by atoms with van der Waals surface area (Å²) in [6, 6.07) is 6.17. The van der Waals surface area contributed by atoms with Crippen molar-refractivity contribution in [3.05, 3.63) is 41.3 Å². The average Bonchev–Trinajstić information content (AvgIpc) is 2.66. The second-order valence-electron chi connectivity index (χ2n) is 3.66. The van der Waals surface area contributed by atoms with Crippen molar-refractivity contribution in [1.29, 1.82) is 0 Å². The van der Waals surface area contributed by atoms with E-state index >= 15 is 0 Å². The quantitative estimate of drug-likeness (QED) is 0.784. The number of aromatic amines is 1. The van der Waals surface area contributed by atoms with Crippen molar-refractivity contribution in [2.75, 3.05) is 0 Å². The Balaban J connectivity index is 2.53. The topological polar surface area (TPSA) is 48.9 Å². The number of H-pyrrole nitrogens is 1. The van der Waals surface area contributed by atoms with Crippen LogP contribution in [0, 0.1) is 13.8 Å². The second kappa shape index (κ2) is 3.87. The normalized spacial score (nSPS) is 10.6. The van der Waals surface area contributed by atoms with Crippen LogP contribution >= 0.6 is 0 Å². The van der Waals surface area contributed by atoms with Crippen molar-refractivity contribution in [1.82, 2.24) is 9.97 Å². The molecule has 1 heterocycles. The molecule has 3 heteroatoms. The first-order chi connectivity index (χ1) is 7.22. The summed E-state index contributed by atoms with van der Waals surface area (Å²) < 4.78 is 0. The lowest BCUT2D eigenvalue weighted by atomic mass is 10.0. The summed E-state index contributed by atoms with van der Waals surface area (Å²) >= 11 is 0. The Morgan fingerprint density at radius 3 is 2.47 bits per heavy atom. The molecule has 0 fully saturated rings. The van der Waals surface area contributed by atoms with Gasteiger partial charge in [0.25, 0.3) is 0 Å². The molecule has 0 saturated carbocycles. The van der Waals surface area contributed by atoms with Gasteiger partial charge < -0.3 is 10.1 Å². The summed E-state index contributed by atoms with van der Waals surface area (Å²) in [6.45, 7) is 4.08. The molecule has 0 radical (unpaired) electrons. The Labute approximate surface area is 88.8 Å². The predicted molar refractivity (Wildman–Crippen MR) is 59.4 cm³/mol. The van der Waals surface area contributed by atoms with Gasteiger partial charge in [-0.05, 0) is 25.0 Å². The summed E-state index contributed by atoms with van der Waals surface area (Å²) in [5.74, 6) is 0.604. The fraction of sp³-hybridized carbons (Fsp3) is 0.250. The van der Waals surface area contributed by atoms with Crippen molar-refractivity contribution in [3.8, 4) is 11.3 Å². The third-order valence-electron chi connectivity index (χ3n) is 2.52. The molecular weight excluding hydrogens is 188 g/mol. The van der Waals surface area contributed by atoms with Crippen LogP contribution in [0.5, 0.6) is 0 Å². The number of nitrogens with one attached hydrogen (secondary N) is 1. The Morgan fingerprint density at radius 1 is 1.27 bits per heavy atom. The molecule has 0 saturated heterocycles. The highest BCUT2D eigenvalue weighted by Gasteiger charge is 2.08. The fourth-order valence-electron chi connectivity index (χ4n) is 1.79. The van der Waals surface area contributed by atoms with Crippen LogP contribution in [0.3, 0.4) is 0 Å². The number of aryl methyl sites for hydroxylation is 2. The SMILES string of the molecule is Cc1cccc(C)c1-c1c[nH]c(CO)n1. The van der Waals surface area contributed by atoms with E-state index in [-0.39, 0.29) is 6.61 Å². The van der Waals surface area contributed by atoms with Crippen LogP contribution in [0.25, 0.3) is 11.3 Å². The summed E-state index contributed by atoms with van der Waals surface area (Å²) in [4.78, 5) is 7.26. The molecule has 0 spiro atoms. The lowest BCUT2D eigenvalue weighted by Gasteiger charge is -2.05. The van der Waals surface area contributed by atoms with Crippen molar-refractivity contribution in [3.63, 3.8) is 0 Å². The van der Waals surface area contributed by atoms with Crippen LogP contribution in [0.4, 0.5) is 0 Å². The molecule has 0 aliphatic carbocycles. The Bertz CT molecular complexity index is 454. The zero-order valence-electron chi connectivity index (χ0n) is 8.91. The molecular formula is C12H14N2O. The molecule has 2 N–H and O–H groups in total. The maximum atomic E-state index is 8.94. The van der Waals surface area contributed by atoms with Crippen molar-refractivity contribution >= 4 is 0 Å². The highest BCUT2D eigenvalue weighted by atomic mass is 16.3. The van der Waals surface area contributed by atoms with Gasteiger partial charge in [0, 0.05) is 11.8 Å². The van der Waals surface area contributed by atoms with Gasteiger partial charge in [0.1, 0.15) is 12.4 Å². The number of benzene rings is 1. The number of rotatable bonds is 2. The Morgan fingerprint density at radius 2 is 1.93 bits per heavy atom. The van der Waals surface area contributed by atoms with Gasteiger partial charge >= 0.3 is 0 Å². The molecule has 0 bridgehead atoms. The first-order valence-electron chi connectivity index (χ1n) is 4.94. The van der Waals surface area contributed by atoms with E-state index in [9.17, 15) is 0 Å². The molecule has 2 rings (SSSR count). The number of hydrogen-bond donors (Lipinski definition) is 2. The maximum Gasteiger partial charge on any atom is 0.132 e. The monoisotopic (exact) mass is 202 g/mol. The number of imidazole rings is 1. The lowest BCUT2D eigenvalue weighted by Crippen LogP contribution is -1.89. The van der Waals surface area contributed by atoms with Gasteiger partial charge in [-0.1, -0.05) is 18.2 Å². The van der Waals surface area contributed by atoms with E-state index in [1.165, 1.54) is 11.1 Å². The molecule has 15 heavy (non-hydrogen) atoms. The van der Waals surface area contributed by atoms with Gasteiger partial charge in [-0.3, -0.25) is 0 Å². The van der Waals surface area contributed by atoms with E-state index in [0.29, 0.717) is 5.82 Å².